The molecule has 0 atom stereocenters. The third-order valence-corrected chi connectivity index (χ3v) is 2.41. The first-order valence-corrected chi connectivity index (χ1v) is 4.71. The van der Waals surface area contributed by atoms with E-state index in [1.165, 1.54) is 6.33 Å². The van der Waals surface area contributed by atoms with Crippen molar-refractivity contribution in [3.8, 4) is 0 Å². The van der Waals surface area contributed by atoms with Gasteiger partial charge in [0.1, 0.15) is 6.33 Å². The molecule has 0 aliphatic carbocycles. The van der Waals surface area contributed by atoms with Gasteiger partial charge in [-0.15, -0.1) is 0 Å². The lowest BCUT2D eigenvalue weighted by Crippen LogP contribution is -2.23. The van der Waals surface area contributed by atoms with Gasteiger partial charge in [0, 0.05) is 13.1 Å². The van der Waals surface area contributed by atoms with Gasteiger partial charge in [-0.05, 0) is 13.8 Å². The van der Waals surface area contributed by atoms with Crippen LogP contribution in [-0.2, 0) is 7.05 Å². The van der Waals surface area contributed by atoms with Crippen molar-refractivity contribution in [2.75, 3.05) is 5.73 Å². The van der Waals surface area contributed by atoms with E-state index >= 15 is 0 Å². The van der Waals surface area contributed by atoms with Gasteiger partial charge >= 0.3 is 0 Å². The molecule has 80 valence electrons. The fourth-order valence-corrected chi connectivity index (χ4v) is 1.49. The van der Waals surface area contributed by atoms with Gasteiger partial charge in [-0.2, -0.15) is 4.98 Å². The van der Waals surface area contributed by atoms with E-state index in [1.807, 2.05) is 13.8 Å². The molecule has 0 radical (unpaired) electrons. The molecule has 0 fully saturated rings. The number of imidazole rings is 1. The topological polar surface area (TPSA) is 78.7 Å². The summed E-state index contributed by atoms with van der Waals surface area (Å²) in [5.74, 6) is 0.302. The second-order valence-corrected chi connectivity index (χ2v) is 3.75. The van der Waals surface area contributed by atoms with Crippen molar-refractivity contribution in [2.45, 2.75) is 19.9 Å². The summed E-state index contributed by atoms with van der Waals surface area (Å²) in [7, 11) is 1.71. The van der Waals surface area contributed by atoms with Crippen molar-refractivity contribution in [2.24, 2.45) is 7.05 Å². The average molecular weight is 207 g/mol. The predicted octanol–water partition coefficient (Wildman–Crippen LogP) is 0.293. The van der Waals surface area contributed by atoms with Crippen LogP contribution in [0.15, 0.2) is 11.1 Å². The fourth-order valence-electron chi connectivity index (χ4n) is 1.49. The smallest absolute Gasteiger partial charge is 0.279 e. The maximum Gasteiger partial charge on any atom is 0.279 e. The summed E-state index contributed by atoms with van der Waals surface area (Å²) in [5.41, 5.74) is 6.35. The molecule has 2 aromatic heterocycles. The molecule has 6 heteroatoms. The number of anilines is 1. The number of hydrogen-bond acceptors (Lipinski definition) is 4. The van der Waals surface area contributed by atoms with Crippen LogP contribution in [0, 0.1) is 0 Å². The summed E-state index contributed by atoms with van der Waals surface area (Å²) in [6.07, 6.45) is 1.50. The molecule has 2 aromatic rings. The first-order valence-electron chi connectivity index (χ1n) is 4.71. The molecule has 2 rings (SSSR count). The fraction of sp³-hybridized carbons (Fsp3) is 0.444. The van der Waals surface area contributed by atoms with Gasteiger partial charge in [-0.3, -0.25) is 9.36 Å². The molecule has 0 aliphatic rings. The summed E-state index contributed by atoms with van der Waals surface area (Å²) < 4.78 is 3.12. The van der Waals surface area contributed by atoms with Gasteiger partial charge < -0.3 is 10.3 Å². The molecular weight excluding hydrogens is 194 g/mol. The molecule has 0 saturated carbocycles. The highest BCUT2D eigenvalue weighted by molar-refractivity contribution is 5.72. The predicted molar refractivity (Wildman–Crippen MR) is 57.6 cm³/mol. The number of nitrogens with two attached hydrogens (primary N) is 1. The molecule has 2 N–H and O–H groups in total. The minimum atomic E-state index is -0.110. The van der Waals surface area contributed by atoms with E-state index in [-0.39, 0.29) is 11.6 Å². The van der Waals surface area contributed by atoms with E-state index in [2.05, 4.69) is 9.97 Å². The standard InChI is InChI=1S/C9H13N5O/c1-5(2)14-4-11-7-6(8(14)15)13(3)9(10)12-7/h4-5H,1-3H3,(H2,10,12). The number of nitrogen functional groups attached to an aromatic ring is 1. The van der Waals surface area contributed by atoms with Gasteiger partial charge in [-0.25, -0.2) is 4.98 Å². The highest BCUT2D eigenvalue weighted by atomic mass is 16.1. The van der Waals surface area contributed by atoms with Gasteiger partial charge in [0.2, 0.25) is 5.95 Å². The van der Waals surface area contributed by atoms with Crippen molar-refractivity contribution < 1.29 is 0 Å². The molecule has 15 heavy (non-hydrogen) atoms. The van der Waals surface area contributed by atoms with Crippen molar-refractivity contribution >= 4 is 17.1 Å². The van der Waals surface area contributed by atoms with E-state index in [9.17, 15) is 4.79 Å². The third-order valence-electron chi connectivity index (χ3n) is 2.41. The van der Waals surface area contributed by atoms with E-state index in [0.29, 0.717) is 17.1 Å². The summed E-state index contributed by atoms with van der Waals surface area (Å²) in [6.45, 7) is 3.85. The Morgan fingerprint density at radius 3 is 2.73 bits per heavy atom. The van der Waals surface area contributed by atoms with Gasteiger partial charge in [-0.1, -0.05) is 0 Å². The Labute approximate surface area is 86.4 Å². The highest BCUT2D eigenvalue weighted by Gasteiger charge is 2.12. The SMILES string of the molecule is CC(C)n1cnc2nc(N)n(C)c2c1=O. The zero-order valence-electron chi connectivity index (χ0n) is 8.93. The Hall–Kier alpha value is -1.85. The minimum Gasteiger partial charge on any atom is -0.369 e. The highest BCUT2D eigenvalue weighted by Crippen LogP contribution is 2.10. The summed E-state index contributed by atoms with van der Waals surface area (Å²) in [5, 5.41) is 0. The van der Waals surface area contributed by atoms with Crippen LogP contribution in [0.3, 0.4) is 0 Å². The summed E-state index contributed by atoms with van der Waals surface area (Å²) >= 11 is 0. The van der Waals surface area contributed by atoms with Crippen LogP contribution in [0.1, 0.15) is 19.9 Å². The molecule has 0 amide bonds. The van der Waals surface area contributed by atoms with E-state index in [4.69, 9.17) is 5.73 Å². The lowest BCUT2D eigenvalue weighted by atomic mass is 10.4. The van der Waals surface area contributed by atoms with E-state index < -0.39 is 0 Å². The van der Waals surface area contributed by atoms with Crippen LogP contribution in [0.25, 0.3) is 11.2 Å². The number of aryl methyl sites for hydroxylation is 1. The number of rotatable bonds is 1. The second-order valence-electron chi connectivity index (χ2n) is 3.75. The van der Waals surface area contributed by atoms with Crippen LogP contribution in [0.2, 0.25) is 0 Å². The van der Waals surface area contributed by atoms with E-state index in [1.54, 1.807) is 16.2 Å². The lowest BCUT2D eigenvalue weighted by molar-refractivity contribution is 0.571. The normalized spacial score (nSPS) is 11.5. The monoisotopic (exact) mass is 207 g/mol. The van der Waals surface area contributed by atoms with Crippen molar-refractivity contribution in [3.63, 3.8) is 0 Å². The first-order chi connectivity index (χ1) is 7.02. The third kappa shape index (κ3) is 1.29. The van der Waals surface area contributed by atoms with Gasteiger partial charge in [0.25, 0.3) is 5.56 Å². The Balaban J connectivity index is 2.89. The summed E-state index contributed by atoms with van der Waals surface area (Å²) in [6, 6.07) is 0.0746. The molecule has 0 spiro atoms. The van der Waals surface area contributed by atoms with Crippen LogP contribution < -0.4 is 11.3 Å². The number of nitrogens with zero attached hydrogens (tertiary/aromatic N) is 4. The largest absolute Gasteiger partial charge is 0.369 e. The van der Waals surface area contributed by atoms with Crippen LogP contribution in [0.4, 0.5) is 5.95 Å². The molecular formula is C9H13N5O. The minimum absolute atomic E-state index is 0.0746. The molecule has 0 aromatic carbocycles. The number of fused-ring (bicyclic) bond motifs is 1. The van der Waals surface area contributed by atoms with Gasteiger partial charge in [0.15, 0.2) is 11.2 Å². The molecule has 2 heterocycles. The van der Waals surface area contributed by atoms with Gasteiger partial charge in [0.05, 0.1) is 0 Å². The quantitative estimate of drug-likeness (QED) is 0.729. The van der Waals surface area contributed by atoms with Crippen molar-refractivity contribution in [1.82, 2.24) is 19.1 Å². The number of aromatic nitrogens is 4. The number of hydrogen-bond donors (Lipinski definition) is 1. The Morgan fingerprint density at radius 1 is 1.47 bits per heavy atom. The van der Waals surface area contributed by atoms with Crippen molar-refractivity contribution in [1.29, 1.82) is 0 Å². The zero-order chi connectivity index (χ0) is 11.2. The zero-order valence-corrected chi connectivity index (χ0v) is 8.93. The molecule has 6 nitrogen and oxygen atoms in total. The van der Waals surface area contributed by atoms with Crippen molar-refractivity contribution in [3.05, 3.63) is 16.7 Å². The Morgan fingerprint density at radius 2 is 2.13 bits per heavy atom. The van der Waals surface area contributed by atoms with E-state index in [0.717, 1.165) is 0 Å². The second kappa shape index (κ2) is 3.08. The molecule has 0 bridgehead atoms. The average Bonchev–Trinajstić information content (AvgIpc) is 2.43. The molecule has 0 unspecified atom stereocenters. The first kappa shape index (κ1) is 9.70. The lowest BCUT2D eigenvalue weighted by Gasteiger charge is -2.08. The van der Waals surface area contributed by atoms with Crippen LogP contribution in [-0.4, -0.2) is 19.1 Å². The Kier molecular flexibility index (Phi) is 1.99. The molecule has 0 aliphatic heterocycles. The Bertz CT molecular complexity index is 566. The van der Waals surface area contributed by atoms with Crippen LogP contribution in [0.5, 0.6) is 0 Å². The molecule has 0 saturated heterocycles. The van der Waals surface area contributed by atoms with Crippen LogP contribution >= 0.6 is 0 Å². The summed E-state index contributed by atoms with van der Waals surface area (Å²) in [4.78, 5) is 20.1. The maximum atomic E-state index is 12.0. The maximum absolute atomic E-state index is 12.0.